The van der Waals surface area contributed by atoms with Gasteiger partial charge >= 0.3 is 54.6 Å². The first-order valence-corrected chi connectivity index (χ1v) is 5.40. The fourth-order valence-corrected chi connectivity index (χ4v) is 0. The van der Waals surface area contributed by atoms with Gasteiger partial charge in [0.05, 0.1) is 0 Å². The van der Waals surface area contributed by atoms with Crippen LogP contribution in [-0.2, 0) is 0 Å². The minimum atomic E-state index is 0. The summed E-state index contributed by atoms with van der Waals surface area (Å²) in [4.78, 5) is 0. The second-order valence-electron chi connectivity index (χ2n) is 0. The Bertz CT molecular complexity index is 6.00. The van der Waals surface area contributed by atoms with E-state index in [1.807, 2.05) is 0 Å². The predicted octanol–water partition coefficient (Wildman–Crippen LogP) is -2.32. The van der Waals surface area contributed by atoms with Crippen molar-refractivity contribution in [3.05, 3.63) is 0 Å². The van der Waals surface area contributed by atoms with Gasteiger partial charge < -0.3 is 6.15 Å². The van der Waals surface area contributed by atoms with E-state index in [1.165, 1.54) is 0 Å². The topological polar surface area (TPSA) is 35.0 Å². The summed E-state index contributed by atoms with van der Waals surface area (Å²) < 4.78 is 0. The Hall–Kier alpha value is 1.88. The Labute approximate surface area is 60.2 Å². The molecule has 1 nitrogen and oxygen atoms in total. The van der Waals surface area contributed by atoms with E-state index in [2.05, 4.69) is 28.4 Å². The minimum absolute atomic E-state index is 0. The van der Waals surface area contributed by atoms with Gasteiger partial charge in [-0.25, -0.2) is 0 Å². The van der Waals surface area contributed by atoms with Crippen LogP contribution in [0.5, 0.6) is 0 Å². The second kappa shape index (κ2) is 20.8. The van der Waals surface area contributed by atoms with Gasteiger partial charge in [0.15, 0.2) is 0 Å². The van der Waals surface area contributed by atoms with Crippen LogP contribution in [0.25, 0.3) is 0 Å². The van der Waals surface area contributed by atoms with Gasteiger partial charge in [0.2, 0.25) is 0 Å². The van der Waals surface area contributed by atoms with E-state index in [4.69, 9.17) is 0 Å². The van der Waals surface area contributed by atoms with Crippen LogP contribution < -0.4 is 6.15 Å². The molecule has 0 aliphatic heterocycles. The first kappa shape index (κ1) is 16.9. The molecular formula is H8BiNSe2. The Morgan fingerprint density at radius 2 is 1.00 bits per heavy atom. The molecule has 0 fully saturated rings. The molecule has 0 saturated heterocycles. The summed E-state index contributed by atoms with van der Waals surface area (Å²) in [6.07, 6.45) is 0. The number of hydrogen-bond donors (Lipinski definition) is 1. The summed E-state index contributed by atoms with van der Waals surface area (Å²) in [5, 5.41) is 0. The van der Waals surface area contributed by atoms with Crippen molar-refractivity contribution in [1.29, 1.82) is 0 Å². The Morgan fingerprint density at radius 1 is 1.00 bits per heavy atom. The van der Waals surface area contributed by atoms with Gasteiger partial charge in [-0.2, -0.15) is 0 Å². The van der Waals surface area contributed by atoms with Crippen LogP contribution >= 0.6 is 0 Å². The molecular weight excluding hydrogens is 381 g/mol. The van der Waals surface area contributed by atoms with Crippen molar-refractivity contribution in [2.45, 2.75) is 0 Å². The molecule has 0 aliphatic carbocycles. The summed E-state index contributed by atoms with van der Waals surface area (Å²) in [6.45, 7) is 0. The third-order valence-electron chi connectivity index (χ3n) is 0. The summed E-state index contributed by atoms with van der Waals surface area (Å²) in [7, 11) is 0. The van der Waals surface area contributed by atoms with Gasteiger partial charge in [-0.05, 0) is 0 Å². The first-order valence-electron chi connectivity index (χ1n) is 0.200. The van der Waals surface area contributed by atoms with E-state index >= 15 is 0 Å². The van der Waals surface area contributed by atoms with Crippen molar-refractivity contribution in [3.8, 4) is 0 Å². The van der Waals surface area contributed by atoms with Crippen LogP contribution in [-0.4, -0.2) is 54.6 Å². The third kappa shape index (κ3) is 9.10. The van der Waals surface area contributed by atoms with Crippen molar-refractivity contribution in [1.82, 2.24) is 6.15 Å². The standard InChI is InChI=1S/Bi.H3N.H2Se2.3H/c;;1-2;;;/h;1H3;1-2H;;;. The summed E-state index contributed by atoms with van der Waals surface area (Å²) >= 11 is 4.50. The molecule has 0 amide bonds. The zero-order chi connectivity index (χ0) is 2.00. The van der Waals surface area contributed by atoms with Crippen LogP contribution in [0, 0.1) is 0 Å². The second-order valence-corrected chi connectivity index (χ2v) is 0. The number of rotatable bonds is 0. The molecule has 0 spiro atoms. The van der Waals surface area contributed by atoms with E-state index in [0.29, 0.717) is 0 Å². The van der Waals surface area contributed by atoms with Crippen LogP contribution in [0.2, 0.25) is 0 Å². The first-order chi connectivity index (χ1) is 1.00. The van der Waals surface area contributed by atoms with Gasteiger partial charge in [0.25, 0.3) is 0 Å². The van der Waals surface area contributed by atoms with Crippen LogP contribution in [0.1, 0.15) is 0 Å². The van der Waals surface area contributed by atoms with Gasteiger partial charge in [0, 0.05) is 0 Å². The maximum atomic E-state index is 2.25. The Morgan fingerprint density at radius 3 is 1.00 bits per heavy atom. The molecule has 4 heavy (non-hydrogen) atoms. The van der Waals surface area contributed by atoms with Gasteiger partial charge in [-0.3, -0.25) is 0 Å². The van der Waals surface area contributed by atoms with Crippen LogP contribution in [0.15, 0.2) is 0 Å². The molecule has 0 saturated carbocycles. The van der Waals surface area contributed by atoms with Crippen molar-refractivity contribution >= 4 is 54.6 Å². The predicted molar refractivity (Wildman–Crippen MR) is 29.3 cm³/mol. The zero-order valence-electron chi connectivity index (χ0n) is 2.31. The van der Waals surface area contributed by atoms with E-state index in [9.17, 15) is 0 Å². The zero-order valence-corrected chi connectivity index (χ0v) is 11.6. The van der Waals surface area contributed by atoms with E-state index in [0.717, 1.165) is 0 Å². The molecule has 0 aromatic carbocycles. The fraction of sp³-hybridized carbons (Fsp3) is 0. The van der Waals surface area contributed by atoms with E-state index < -0.39 is 0 Å². The van der Waals surface area contributed by atoms with Crippen LogP contribution in [0.4, 0.5) is 0 Å². The molecule has 4 heteroatoms. The normalized spacial score (nSPS) is 1.50. The number of hydrogen-bond acceptors (Lipinski definition) is 1. The molecule has 0 bridgehead atoms. The van der Waals surface area contributed by atoms with Crippen molar-refractivity contribution in [2.75, 3.05) is 0 Å². The summed E-state index contributed by atoms with van der Waals surface area (Å²) in [5.74, 6) is 0. The molecule has 3 N–H and O–H groups in total. The molecule has 0 unspecified atom stereocenters. The maximum absolute atomic E-state index is 2.25. The quantitative estimate of drug-likeness (QED) is 0.465. The summed E-state index contributed by atoms with van der Waals surface area (Å²) in [6, 6.07) is 0. The van der Waals surface area contributed by atoms with Gasteiger partial charge in [-0.15, -0.1) is 0 Å². The fourth-order valence-electron chi connectivity index (χ4n) is 0. The van der Waals surface area contributed by atoms with Gasteiger partial charge in [0.1, 0.15) is 0 Å². The SMILES string of the molecule is N.[BiH3].[SeH][SeH]. The molecule has 30 valence electrons. The Kier molecular flexibility index (Phi) is 87.6. The average molecular weight is 389 g/mol. The molecule has 0 aliphatic rings. The van der Waals surface area contributed by atoms with Crippen molar-refractivity contribution in [2.24, 2.45) is 0 Å². The van der Waals surface area contributed by atoms with Gasteiger partial charge in [-0.1, -0.05) is 0 Å². The molecule has 0 atom stereocenters. The van der Waals surface area contributed by atoms with E-state index in [1.54, 1.807) is 0 Å². The third-order valence-corrected chi connectivity index (χ3v) is 0. The Balaban J connectivity index is -0.00000000500. The van der Waals surface area contributed by atoms with Crippen molar-refractivity contribution < 1.29 is 0 Å². The molecule has 0 aromatic rings. The molecule has 0 rings (SSSR count). The van der Waals surface area contributed by atoms with Crippen LogP contribution in [0.3, 0.4) is 0 Å². The van der Waals surface area contributed by atoms with E-state index in [-0.39, 0.29) is 32.4 Å². The average Bonchev–Trinajstić information content (AvgIpc) is 1.00. The molecule has 0 radical (unpaired) electrons. The molecule has 0 heterocycles. The molecule has 0 aromatic heterocycles. The summed E-state index contributed by atoms with van der Waals surface area (Å²) in [5.41, 5.74) is 0. The van der Waals surface area contributed by atoms with Crippen molar-refractivity contribution in [3.63, 3.8) is 0 Å². The monoisotopic (exact) mass is 391 g/mol.